The molecule has 8 heteroatoms. The molecule has 4 rings (SSSR count). The Morgan fingerprint density at radius 1 is 1.19 bits per heavy atom. The minimum Gasteiger partial charge on any atom is -0.403 e. The van der Waals surface area contributed by atoms with Gasteiger partial charge in [0.1, 0.15) is 0 Å². The summed E-state index contributed by atoms with van der Waals surface area (Å²) in [6, 6.07) is 8.79. The molecule has 2 atom stereocenters. The number of benzene rings is 1. The fourth-order valence-corrected chi connectivity index (χ4v) is 6.34. The number of fused-ring (bicyclic) bond motifs is 3. The zero-order valence-corrected chi connectivity index (χ0v) is 29.8. The third-order valence-corrected chi connectivity index (χ3v) is 9.08. The molecule has 256 valence electrons. The van der Waals surface area contributed by atoms with Crippen LogP contribution in [0.15, 0.2) is 96.9 Å². The molecule has 0 radical (unpaired) electrons. The molecule has 0 fully saturated rings. The van der Waals surface area contributed by atoms with E-state index in [1.165, 1.54) is 11.1 Å². The summed E-state index contributed by atoms with van der Waals surface area (Å²) in [6.07, 6.45) is 23.9. The van der Waals surface area contributed by atoms with Crippen LogP contribution < -0.4 is 27.0 Å². The Balaban J connectivity index is 1.94. The Morgan fingerprint density at radius 3 is 2.62 bits per heavy atom. The topological polar surface area (TPSA) is 113 Å². The molecule has 0 bridgehead atoms. The number of imidazole rings is 1. The molecule has 3 aromatic rings. The van der Waals surface area contributed by atoms with Crippen LogP contribution in [0.5, 0.6) is 0 Å². The lowest BCUT2D eigenvalue weighted by molar-refractivity contribution is 0.474. The second kappa shape index (κ2) is 17.6. The van der Waals surface area contributed by atoms with Crippen molar-refractivity contribution in [2.24, 2.45) is 11.5 Å². The Morgan fingerprint density at radius 2 is 1.98 bits per heavy atom. The molecule has 7 N–H and O–H groups in total. The van der Waals surface area contributed by atoms with Crippen LogP contribution in [0.3, 0.4) is 0 Å². The monoisotopic (exact) mass is 648 g/mol. The maximum atomic E-state index is 6.20. The fraction of sp³-hybridized carbons (Fsp3) is 0.375. The van der Waals surface area contributed by atoms with Crippen LogP contribution in [-0.4, -0.2) is 47.9 Å². The molecular weight excluding hydrogens is 592 g/mol. The van der Waals surface area contributed by atoms with E-state index in [1.54, 1.807) is 6.20 Å². The van der Waals surface area contributed by atoms with Crippen LogP contribution in [0.4, 0.5) is 5.95 Å². The molecule has 0 amide bonds. The third-order valence-electron chi connectivity index (χ3n) is 9.08. The maximum absolute atomic E-state index is 6.20. The van der Waals surface area contributed by atoms with E-state index in [-0.39, 0.29) is 12.2 Å². The number of nitrogens with two attached hydrogens (primary N) is 2. The van der Waals surface area contributed by atoms with Crippen LogP contribution in [0.25, 0.3) is 27.7 Å². The van der Waals surface area contributed by atoms with Crippen molar-refractivity contribution in [3.63, 3.8) is 0 Å². The summed E-state index contributed by atoms with van der Waals surface area (Å²) in [7, 11) is 4.03. The molecular formula is C40H56N8. The van der Waals surface area contributed by atoms with E-state index in [2.05, 4.69) is 127 Å². The van der Waals surface area contributed by atoms with Crippen molar-refractivity contribution in [2.75, 3.05) is 32.1 Å². The van der Waals surface area contributed by atoms with Crippen LogP contribution in [0.2, 0.25) is 0 Å². The van der Waals surface area contributed by atoms with E-state index in [0.717, 1.165) is 89.3 Å². The highest BCUT2D eigenvalue weighted by atomic mass is 15.2. The number of nitrogens with zero attached hydrogens (tertiary/aromatic N) is 3. The average Bonchev–Trinajstić information content (AvgIpc) is 3.73. The highest BCUT2D eigenvalue weighted by Crippen LogP contribution is 2.39. The standard InChI is InChI=1S/C40H56N8/c1-8-14-32(22-28(10-3)11-4)38-24-31(35-27-44-40(46-35)47(7)21-9-2)17-16-29(12-5)37-25-33-23-30(18-19-36(33)48(37)38)34(26-42)45-39(43-6)15-13-20-41/h8,12,14,16-19,22-27,38-39,43,45H,1,9-11,13,15,20-21,41-42H2,2-7H3,(H,44,46)/b17-16-,29-12-,31-24+,32-14+,34-26-. The Bertz CT molecular complexity index is 1720. The SMILES string of the molecule is C=C/C=C(\C=C(CC)CC)C1\C=C(c2cnc(N(C)CCC)[nH]2)/C=C\C(=C\C)c2cc3cc(/C(=C/N)NC(CCCN)NC)ccc3n21. The number of aromatic amines is 1. The van der Waals surface area contributed by atoms with Crippen LogP contribution >= 0.6 is 0 Å². The first-order valence-electron chi connectivity index (χ1n) is 17.4. The van der Waals surface area contributed by atoms with E-state index in [9.17, 15) is 0 Å². The first-order valence-corrected chi connectivity index (χ1v) is 17.4. The fourth-order valence-electron chi connectivity index (χ4n) is 6.34. The van der Waals surface area contributed by atoms with Crippen molar-refractivity contribution >= 4 is 33.7 Å². The number of H-pyrrole nitrogens is 1. The van der Waals surface area contributed by atoms with Gasteiger partial charge in [0, 0.05) is 36.4 Å². The Kier molecular flexibility index (Phi) is 13.3. The van der Waals surface area contributed by atoms with Crippen LogP contribution in [-0.2, 0) is 0 Å². The van der Waals surface area contributed by atoms with Gasteiger partial charge in [-0.05, 0) is 99.2 Å². The smallest absolute Gasteiger partial charge is 0.202 e. The van der Waals surface area contributed by atoms with Crippen LogP contribution in [0.1, 0.15) is 82.8 Å². The van der Waals surface area contributed by atoms with E-state index >= 15 is 0 Å². The number of hydrogen-bond acceptors (Lipinski definition) is 6. The molecule has 1 aromatic carbocycles. The predicted molar refractivity (Wildman–Crippen MR) is 207 cm³/mol. The van der Waals surface area contributed by atoms with Gasteiger partial charge in [-0.3, -0.25) is 0 Å². The molecule has 2 unspecified atom stereocenters. The molecule has 0 saturated heterocycles. The zero-order valence-electron chi connectivity index (χ0n) is 29.8. The largest absolute Gasteiger partial charge is 0.403 e. The van der Waals surface area contributed by atoms with Gasteiger partial charge in [-0.25, -0.2) is 4.98 Å². The maximum Gasteiger partial charge on any atom is 0.202 e. The summed E-state index contributed by atoms with van der Waals surface area (Å²) in [5.41, 5.74) is 22.0. The summed E-state index contributed by atoms with van der Waals surface area (Å²) in [5.74, 6) is 0.868. The number of nitrogens with one attached hydrogen (secondary N) is 3. The number of anilines is 1. The summed E-state index contributed by atoms with van der Waals surface area (Å²) in [4.78, 5) is 10.5. The minimum absolute atomic E-state index is 0.0653. The van der Waals surface area contributed by atoms with E-state index in [4.69, 9.17) is 16.5 Å². The highest BCUT2D eigenvalue weighted by Gasteiger charge is 2.24. The van der Waals surface area contributed by atoms with Crippen LogP contribution in [0, 0.1) is 0 Å². The average molecular weight is 649 g/mol. The molecule has 1 aliphatic rings. The van der Waals surface area contributed by atoms with Gasteiger partial charge in [0.2, 0.25) is 5.95 Å². The zero-order chi connectivity index (χ0) is 34.6. The van der Waals surface area contributed by atoms with Crippen molar-refractivity contribution < 1.29 is 0 Å². The lowest BCUT2D eigenvalue weighted by atomic mass is 9.95. The number of hydrogen-bond donors (Lipinski definition) is 5. The van der Waals surface area contributed by atoms with Gasteiger partial charge in [-0.1, -0.05) is 75.4 Å². The molecule has 0 spiro atoms. The first-order chi connectivity index (χ1) is 23.3. The predicted octanol–water partition coefficient (Wildman–Crippen LogP) is 7.80. The lowest BCUT2D eigenvalue weighted by Crippen LogP contribution is -2.39. The second-order valence-corrected chi connectivity index (χ2v) is 12.3. The van der Waals surface area contributed by atoms with Gasteiger partial charge in [0.15, 0.2) is 0 Å². The minimum atomic E-state index is -0.114. The van der Waals surface area contributed by atoms with E-state index < -0.39 is 0 Å². The summed E-state index contributed by atoms with van der Waals surface area (Å²) >= 11 is 0. The van der Waals surface area contributed by atoms with Gasteiger partial charge in [-0.2, -0.15) is 0 Å². The number of rotatable bonds is 16. The highest BCUT2D eigenvalue weighted by molar-refractivity contribution is 5.92. The van der Waals surface area contributed by atoms with Gasteiger partial charge >= 0.3 is 0 Å². The van der Waals surface area contributed by atoms with Crippen molar-refractivity contribution in [1.82, 2.24) is 25.2 Å². The molecule has 0 aliphatic carbocycles. The molecule has 3 heterocycles. The molecule has 8 nitrogen and oxygen atoms in total. The van der Waals surface area contributed by atoms with Crippen molar-refractivity contribution in [3.05, 3.63) is 114 Å². The third kappa shape index (κ3) is 8.30. The van der Waals surface area contributed by atoms with Gasteiger partial charge in [0.05, 0.1) is 29.8 Å². The van der Waals surface area contributed by atoms with Crippen molar-refractivity contribution in [2.45, 2.75) is 72.0 Å². The normalized spacial score (nSPS) is 18.4. The number of aromatic nitrogens is 3. The van der Waals surface area contributed by atoms with Crippen molar-refractivity contribution in [3.8, 4) is 0 Å². The van der Waals surface area contributed by atoms with Gasteiger partial charge in [-0.15, -0.1) is 0 Å². The molecule has 1 aliphatic heterocycles. The van der Waals surface area contributed by atoms with Gasteiger partial charge < -0.3 is 36.6 Å². The number of allylic oxidation sites excluding steroid dienone is 11. The molecule has 48 heavy (non-hydrogen) atoms. The molecule has 2 aromatic heterocycles. The Hall–Kier alpha value is -4.53. The second-order valence-electron chi connectivity index (χ2n) is 12.3. The lowest BCUT2D eigenvalue weighted by Gasteiger charge is -2.25. The summed E-state index contributed by atoms with van der Waals surface area (Å²) < 4.78 is 2.46. The summed E-state index contributed by atoms with van der Waals surface area (Å²) in [5, 5.41) is 8.06. The van der Waals surface area contributed by atoms with Crippen molar-refractivity contribution in [1.29, 1.82) is 0 Å². The summed E-state index contributed by atoms with van der Waals surface area (Å²) in [6.45, 7) is 14.4. The van der Waals surface area contributed by atoms with E-state index in [1.807, 2.05) is 19.3 Å². The quantitative estimate of drug-likeness (QED) is 0.0801. The Labute approximate surface area is 287 Å². The first kappa shape index (κ1) is 36.3. The van der Waals surface area contributed by atoms with E-state index in [0.29, 0.717) is 6.54 Å². The van der Waals surface area contributed by atoms with Gasteiger partial charge in [0.25, 0.3) is 0 Å². The molecule has 0 saturated carbocycles.